The van der Waals surface area contributed by atoms with Crippen molar-refractivity contribution >= 4 is 54.7 Å². The van der Waals surface area contributed by atoms with Crippen molar-refractivity contribution in [1.29, 1.82) is 0 Å². The summed E-state index contributed by atoms with van der Waals surface area (Å²) in [5.41, 5.74) is 2.54. The summed E-state index contributed by atoms with van der Waals surface area (Å²) in [6.07, 6.45) is 0. The molecule has 1 heterocycles. The van der Waals surface area contributed by atoms with Gasteiger partial charge >= 0.3 is 10.2 Å². The molecular weight excluding hydrogens is 468 g/mol. The van der Waals surface area contributed by atoms with Gasteiger partial charge in [-0.05, 0) is 42.8 Å². The number of rotatable bonds is 6. The second-order valence-corrected chi connectivity index (χ2v) is 8.94. The van der Waals surface area contributed by atoms with Gasteiger partial charge in [0.05, 0.1) is 17.6 Å². The van der Waals surface area contributed by atoms with E-state index in [1.54, 1.807) is 25.1 Å². The molecule has 0 atom stereocenters. The first-order valence-corrected chi connectivity index (χ1v) is 11.1. The number of carbonyl (C=O) groups is 1. The lowest BCUT2D eigenvalue weighted by Gasteiger charge is -2.10. The quantitative estimate of drug-likeness (QED) is 0.560. The minimum Gasteiger partial charge on any atom is -0.324 e. The highest BCUT2D eigenvalue weighted by Crippen LogP contribution is 2.25. The minimum absolute atomic E-state index is 0.182. The molecule has 0 aliphatic carbocycles. The van der Waals surface area contributed by atoms with Crippen LogP contribution in [0, 0.1) is 6.92 Å². The van der Waals surface area contributed by atoms with Gasteiger partial charge in [0.25, 0.3) is 5.91 Å². The van der Waals surface area contributed by atoms with Gasteiger partial charge in [0.15, 0.2) is 0 Å². The Kier molecular flexibility index (Phi) is 6.09. The number of hydrogen-bond donors (Lipinski definition) is 2. The predicted octanol–water partition coefficient (Wildman–Crippen LogP) is 3.39. The molecule has 3 aromatic rings. The molecule has 10 heteroatoms. The number of nitrogens with one attached hydrogen (secondary N) is 2. The number of carbonyl (C=O) groups excluding carboxylic acids is 1. The molecule has 0 saturated heterocycles. The van der Waals surface area contributed by atoms with Crippen molar-refractivity contribution in [3.63, 3.8) is 0 Å². The fourth-order valence-electron chi connectivity index (χ4n) is 2.81. The Balaban J connectivity index is 1.97. The first-order valence-electron chi connectivity index (χ1n) is 8.42. The van der Waals surface area contributed by atoms with Crippen molar-refractivity contribution in [1.82, 2.24) is 19.0 Å². The van der Waals surface area contributed by atoms with E-state index in [9.17, 15) is 13.2 Å². The van der Waals surface area contributed by atoms with Crippen LogP contribution in [-0.2, 0) is 16.8 Å². The average molecular weight is 486 g/mol. The number of hydrogen-bond acceptors (Lipinski definition) is 4. The fourth-order valence-corrected chi connectivity index (χ4v) is 4.36. The molecule has 0 fully saturated rings. The Bertz CT molecular complexity index is 1160. The third-order valence-corrected chi connectivity index (χ3v) is 6.07. The van der Waals surface area contributed by atoms with E-state index in [2.05, 4.69) is 25.6 Å². The fraction of sp³-hybridized carbons (Fsp3) is 0.222. The lowest BCUT2D eigenvalue weighted by molar-refractivity contribution is 0.0981. The Morgan fingerprint density at radius 1 is 1.25 bits per heavy atom. The van der Waals surface area contributed by atoms with Gasteiger partial charge in [0, 0.05) is 21.6 Å². The molecule has 2 N–H and O–H groups in total. The number of halogens is 2. The van der Waals surface area contributed by atoms with Gasteiger partial charge in [-0.2, -0.15) is 13.1 Å². The topological polar surface area (TPSA) is 93.1 Å². The molecule has 0 aliphatic heterocycles. The molecule has 148 valence electrons. The van der Waals surface area contributed by atoms with E-state index < -0.39 is 16.1 Å². The monoisotopic (exact) mass is 484 g/mol. The SMILES string of the molecule is CCNS(=O)(=O)NC(=O)c1ccc2nc(C)n(Cc3ccc(Br)cc3Cl)c2c1. The van der Waals surface area contributed by atoms with Crippen molar-refractivity contribution in [2.45, 2.75) is 20.4 Å². The standard InChI is InChI=1S/C18H18BrClN4O3S/c1-3-21-28(26,27)23-18(25)12-5-7-16-17(8-12)24(11(2)22-16)10-13-4-6-14(19)9-15(13)20/h4-9,21H,3,10H2,1-2H3,(H,23,25). The zero-order valence-corrected chi connectivity index (χ0v) is 18.3. The number of imidazole rings is 1. The molecule has 3 rings (SSSR count). The Morgan fingerprint density at radius 3 is 2.68 bits per heavy atom. The first kappa shape index (κ1) is 20.8. The van der Waals surface area contributed by atoms with Crippen LogP contribution < -0.4 is 9.44 Å². The lowest BCUT2D eigenvalue weighted by atomic mass is 10.2. The first-order chi connectivity index (χ1) is 13.2. The van der Waals surface area contributed by atoms with Crippen LogP contribution in [0.4, 0.5) is 0 Å². The van der Waals surface area contributed by atoms with E-state index in [0.717, 1.165) is 15.9 Å². The highest BCUT2D eigenvalue weighted by atomic mass is 79.9. The average Bonchev–Trinajstić information content (AvgIpc) is 2.91. The van der Waals surface area contributed by atoms with E-state index >= 15 is 0 Å². The van der Waals surface area contributed by atoms with E-state index in [0.29, 0.717) is 22.6 Å². The number of nitrogens with zero attached hydrogens (tertiary/aromatic N) is 2. The van der Waals surface area contributed by atoms with Crippen LogP contribution in [0.25, 0.3) is 11.0 Å². The molecule has 1 aromatic heterocycles. The molecule has 0 bridgehead atoms. The molecule has 0 spiro atoms. The summed E-state index contributed by atoms with van der Waals surface area (Å²) in [6, 6.07) is 10.5. The van der Waals surface area contributed by atoms with Crippen LogP contribution in [0.15, 0.2) is 40.9 Å². The van der Waals surface area contributed by atoms with Gasteiger partial charge in [0.2, 0.25) is 0 Å². The Morgan fingerprint density at radius 2 is 2.00 bits per heavy atom. The van der Waals surface area contributed by atoms with E-state index in [1.165, 1.54) is 0 Å². The maximum atomic E-state index is 12.4. The van der Waals surface area contributed by atoms with Crippen molar-refractivity contribution in [3.8, 4) is 0 Å². The van der Waals surface area contributed by atoms with Gasteiger partial charge < -0.3 is 4.57 Å². The summed E-state index contributed by atoms with van der Waals surface area (Å²) in [5.74, 6) is 0.0433. The molecule has 0 saturated carbocycles. The normalized spacial score (nSPS) is 11.7. The molecule has 1 amide bonds. The van der Waals surface area contributed by atoms with Gasteiger partial charge in [-0.25, -0.2) is 9.71 Å². The van der Waals surface area contributed by atoms with Gasteiger partial charge in [0.1, 0.15) is 5.82 Å². The van der Waals surface area contributed by atoms with Crippen molar-refractivity contribution in [2.24, 2.45) is 0 Å². The van der Waals surface area contributed by atoms with Gasteiger partial charge in [-0.1, -0.05) is 40.5 Å². The summed E-state index contributed by atoms with van der Waals surface area (Å²) in [4.78, 5) is 16.9. The van der Waals surface area contributed by atoms with Crippen LogP contribution in [0.5, 0.6) is 0 Å². The zero-order chi connectivity index (χ0) is 20.5. The largest absolute Gasteiger partial charge is 0.324 e. The lowest BCUT2D eigenvalue weighted by Crippen LogP contribution is -2.40. The Hall–Kier alpha value is -1.94. The van der Waals surface area contributed by atoms with Crippen LogP contribution in [0.2, 0.25) is 5.02 Å². The summed E-state index contributed by atoms with van der Waals surface area (Å²) >= 11 is 9.72. The highest BCUT2D eigenvalue weighted by molar-refractivity contribution is 9.10. The summed E-state index contributed by atoms with van der Waals surface area (Å²) in [5, 5.41) is 0.612. The zero-order valence-electron chi connectivity index (χ0n) is 15.2. The van der Waals surface area contributed by atoms with Crippen LogP contribution in [0.3, 0.4) is 0 Å². The molecular formula is C18H18BrClN4O3S. The minimum atomic E-state index is -3.89. The van der Waals surface area contributed by atoms with Crippen molar-refractivity contribution in [3.05, 3.63) is 62.8 Å². The molecule has 28 heavy (non-hydrogen) atoms. The third kappa shape index (κ3) is 4.54. The summed E-state index contributed by atoms with van der Waals surface area (Å²) in [6.45, 7) is 4.14. The maximum absolute atomic E-state index is 12.4. The molecule has 0 radical (unpaired) electrons. The number of benzene rings is 2. The van der Waals surface area contributed by atoms with E-state index in [-0.39, 0.29) is 12.1 Å². The second-order valence-electron chi connectivity index (χ2n) is 6.12. The predicted molar refractivity (Wildman–Crippen MR) is 113 cm³/mol. The summed E-state index contributed by atoms with van der Waals surface area (Å²) < 4.78 is 30.6. The second kappa shape index (κ2) is 8.20. The highest BCUT2D eigenvalue weighted by Gasteiger charge is 2.17. The number of aromatic nitrogens is 2. The van der Waals surface area contributed by atoms with Crippen molar-refractivity contribution in [2.75, 3.05) is 6.54 Å². The molecule has 0 unspecified atom stereocenters. The molecule has 2 aromatic carbocycles. The number of aryl methyl sites for hydroxylation is 1. The number of amides is 1. The van der Waals surface area contributed by atoms with Gasteiger partial charge in [-0.3, -0.25) is 4.79 Å². The van der Waals surface area contributed by atoms with Crippen LogP contribution >= 0.6 is 27.5 Å². The summed E-state index contributed by atoms with van der Waals surface area (Å²) in [7, 11) is -3.89. The van der Waals surface area contributed by atoms with E-state index in [1.807, 2.05) is 34.4 Å². The maximum Gasteiger partial charge on any atom is 0.301 e. The van der Waals surface area contributed by atoms with Crippen molar-refractivity contribution < 1.29 is 13.2 Å². The molecule has 7 nitrogen and oxygen atoms in total. The third-order valence-electron chi connectivity index (χ3n) is 4.11. The number of fused-ring (bicyclic) bond motifs is 1. The smallest absolute Gasteiger partial charge is 0.301 e. The van der Waals surface area contributed by atoms with Crippen LogP contribution in [-0.4, -0.2) is 30.4 Å². The van der Waals surface area contributed by atoms with E-state index in [4.69, 9.17) is 11.6 Å². The Labute approximate surface area is 176 Å². The molecule has 0 aliphatic rings. The van der Waals surface area contributed by atoms with Crippen LogP contribution in [0.1, 0.15) is 28.7 Å². The van der Waals surface area contributed by atoms with Gasteiger partial charge in [-0.15, -0.1) is 0 Å².